The Hall–Kier alpha value is -1.23. The SMILES string of the molecule is Cc1c(F)c(O)c(F)c(F)c1CNC12CC3CC(CC(C3)C1)C2. The Kier molecular flexibility index (Phi) is 3.42. The van der Waals surface area contributed by atoms with Crippen molar-refractivity contribution in [3.05, 3.63) is 28.6 Å². The molecule has 0 aromatic heterocycles. The van der Waals surface area contributed by atoms with Crippen LogP contribution in [0.15, 0.2) is 0 Å². The molecule has 23 heavy (non-hydrogen) atoms. The summed E-state index contributed by atoms with van der Waals surface area (Å²) in [5.74, 6) is -2.69. The second-order valence-corrected chi connectivity index (χ2v) is 7.95. The first-order chi connectivity index (χ1) is 10.9. The summed E-state index contributed by atoms with van der Waals surface area (Å²) in [6.45, 7) is 1.49. The first kappa shape index (κ1) is 15.3. The molecule has 4 aliphatic carbocycles. The van der Waals surface area contributed by atoms with E-state index in [1.165, 1.54) is 26.2 Å². The minimum Gasteiger partial charge on any atom is -0.503 e. The second-order valence-electron chi connectivity index (χ2n) is 7.95. The quantitative estimate of drug-likeness (QED) is 0.817. The Labute approximate surface area is 134 Å². The van der Waals surface area contributed by atoms with Crippen molar-refractivity contribution in [3.63, 3.8) is 0 Å². The lowest BCUT2D eigenvalue weighted by Gasteiger charge is -2.57. The maximum Gasteiger partial charge on any atom is 0.203 e. The average Bonchev–Trinajstić information content (AvgIpc) is 2.49. The third-order valence-corrected chi connectivity index (χ3v) is 6.33. The standard InChI is InChI=1S/C18H22F3NO/c1-9-13(15(20)16(21)17(23)14(9)19)8-22-18-5-10-2-11(6-18)4-12(3-10)7-18/h10-12,22-23H,2-8H2,1H3. The number of rotatable bonds is 3. The van der Waals surface area contributed by atoms with E-state index in [1.807, 2.05) is 0 Å². The van der Waals surface area contributed by atoms with Gasteiger partial charge in [0.15, 0.2) is 17.4 Å². The molecular formula is C18H22F3NO. The van der Waals surface area contributed by atoms with Gasteiger partial charge in [0.25, 0.3) is 0 Å². The van der Waals surface area contributed by atoms with Crippen LogP contribution in [0.5, 0.6) is 5.75 Å². The smallest absolute Gasteiger partial charge is 0.203 e. The van der Waals surface area contributed by atoms with Crippen molar-refractivity contribution >= 4 is 0 Å². The highest BCUT2D eigenvalue weighted by Crippen LogP contribution is 2.55. The monoisotopic (exact) mass is 325 g/mol. The lowest BCUT2D eigenvalue weighted by Crippen LogP contribution is -2.58. The molecule has 4 fully saturated rings. The molecule has 5 heteroatoms. The minimum atomic E-state index is -1.49. The van der Waals surface area contributed by atoms with Crippen LogP contribution < -0.4 is 5.32 Å². The Morgan fingerprint density at radius 1 is 0.957 bits per heavy atom. The zero-order valence-corrected chi connectivity index (χ0v) is 13.3. The summed E-state index contributed by atoms with van der Waals surface area (Å²) in [4.78, 5) is 0. The van der Waals surface area contributed by atoms with Gasteiger partial charge in [-0.15, -0.1) is 0 Å². The molecule has 126 valence electrons. The number of phenolic OH excluding ortho intramolecular Hbond substituents is 1. The van der Waals surface area contributed by atoms with Crippen molar-refractivity contribution in [1.29, 1.82) is 0 Å². The van der Waals surface area contributed by atoms with E-state index >= 15 is 0 Å². The molecule has 1 aromatic carbocycles. The summed E-state index contributed by atoms with van der Waals surface area (Å²) in [6, 6.07) is 0. The molecule has 2 N–H and O–H groups in total. The van der Waals surface area contributed by atoms with Crippen molar-refractivity contribution in [2.45, 2.75) is 57.5 Å². The van der Waals surface area contributed by atoms with E-state index in [1.54, 1.807) is 0 Å². The van der Waals surface area contributed by atoms with Crippen molar-refractivity contribution in [3.8, 4) is 5.75 Å². The van der Waals surface area contributed by atoms with E-state index in [9.17, 15) is 18.3 Å². The molecule has 0 aliphatic heterocycles. The fourth-order valence-electron chi connectivity index (χ4n) is 5.62. The van der Waals surface area contributed by atoms with Gasteiger partial charge >= 0.3 is 0 Å². The molecule has 0 amide bonds. The Balaban J connectivity index is 1.58. The van der Waals surface area contributed by atoms with Crippen molar-refractivity contribution in [1.82, 2.24) is 5.32 Å². The molecule has 4 aliphatic rings. The van der Waals surface area contributed by atoms with Gasteiger partial charge in [-0.1, -0.05) is 0 Å². The fourth-order valence-corrected chi connectivity index (χ4v) is 5.62. The van der Waals surface area contributed by atoms with Gasteiger partial charge in [0.1, 0.15) is 0 Å². The van der Waals surface area contributed by atoms with Gasteiger partial charge < -0.3 is 10.4 Å². The Bertz CT molecular complexity index is 594. The van der Waals surface area contributed by atoms with Crippen LogP contribution in [0.2, 0.25) is 0 Å². The number of hydrogen-bond donors (Lipinski definition) is 2. The Morgan fingerprint density at radius 2 is 1.48 bits per heavy atom. The van der Waals surface area contributed by atoms with Gasteiger partial charge in [0, 0.05) is 17.6 Å². The van der Waals surface area contributed by atoms with Gasteiger partial charge in [-0.05, 0) is 68.8 Å². The van der Waals surface area contributed by atoms with E-state index in [-0.39, 0.29) is 23.2 Å². The molecule has 2 nitrogen and oxygen atoms in total. The minimum absolute atomic E-state index is 0.00152. The van der Waals surface area contributed by atoms with Crippen LogP contribution in [0.3, 0.4) is 0 Å². The third kappa shape index (κ3) is 2.35. The van der Waals surface area contributed by atoms with Gasteiger partial charge in [0.2, 0.25) is 5.82 Å². The average molecular weight is 325 g/mol. The maximum atomic E-state index is 14.1. The van der Waals surface area contributed by atoms with E-state index in [2.05, 4.69) is 5.32 Å². The first-order valence-corrected chi connectivity index (χ1v) is 8.48. The van der Waals surface area contributed by atoms with Crippen LogP contribution in [0.25, 0.3) is 0 Å². The third-order valence-electron chi connectivity index (χ3n) is 6.33. The van der Waals surface area contributed by atoms with Crippen LogP contribution in [-0.4, -0.2) is 10.6 Å². The Morgan fingerprint density at radius 3 is 2.00 bits per heavy atom. The number of aromatic hydroxyl groups is 1. The summed E-state index contributed by atoms with van der Waals surface area (Å²) in [5.41, 5.74) is -0.0227. The van der Waals surface area contributed by atoms with Gasteiger partial charge in [-0.2, -0.15) is 4.39 Å². The molecule has 0 spiro atoms. The topological polar surface area (TPSA) is 32.3 Å². The molecule has 0 heterocycles. The highest BCUT2D eigenvalue weighted by Gasteiger charge is 2.50. The second kappa shape index (κ2) is 5.13. The number of phenols is 1. The summed E-state index contributed by atoms with van der Waals surface area (Å²) in [7, 11) is 0. The fraction of sp³-hybridized carbons (Fsp3) is 0.667. The molecule has 0 radical (unpaired) electrons. The molecule has 0 atom stereocenters. The lowest BCUT2D eigenvalue weighted by atomic mass is 9.53. The van der Waals surface area contributed by atoms with Crippen LogP contribution >= 0.6 is 0 Å². The zero-order chi connectivity index (χ0) is 16.4. The largest absolute Gasteiger partial charge is 0.503 e. The number of nitrogens with one attached hydrogen (secondary N) is 1. The molecule has 0 unspecified atom stereocenters. The van der Waals surface area contributed by atoms with E-state index < -0.39 is 23.2 Å². The molecule has 5 rings (SSSR count). The van der Waals surface area contributed by atoms with Gasteiger partial charge in [0.05, 0.1) is 0 Å². The molecule has 4 bridgehead atoms. The van der Waals surface area contributed by atoms with E-state index in [0.29, 0.717) is 0 Å². The highest BCUT2D eigenvalue weighted by atomic mass is 19.2. The zero-order valence-electron chi connectivity index (χ0n) is 13.3. The summed E-state index contributed by atoms with van der Waals surface area (Å²) >= 11 is 0. The summed E-state index contributed by atoms with van der Waals surface area (Å²) in [6.07, 6.45) is 7.17. The number of halogens is 3. The lowest BCUT2D eigenvalue weighted by molar-refractivity contribution is -0.0207. The van der Waals surface area contributed by atoms with Crippen molar-refractivity contribution < 1.29 is 18.3 Å². The predicted molar refractivity (Wildman–Crippen MR) is 80.5 cm³/mol. The highest BCUT2D eigenvalue weighted by molar-refractivity contribution is 5.38. The predicted octanol–water partition coefficient (Wildman–Crippen LogP) is 4.18. The molecule has 4 saturated carbocycles. The van der Waals surface area contributed by atoms with Crippen molar-refractivity contribution in [2.24, 2.45) is 17.8 Å². The summed E-state index contributed by atoms with van der Waals surface area (Å²) < 4.78 is 41.6. The number of benzene rings is 1. The van der Waals surface area contributed by atoms with Gasteiger partial charge in [-0.25, -0.2) is 8.78 Å². The van der Waals surface area contributed by atoms with Crippen LogP contribution in [0.1, 0.15) is 49.7 Å². The molecular weight excluding hydrogens is 303 g/mol. The first-order valence-electron chi connectivity index (χ1n) is 8.48. The van der Waals surface area contributed by atoms with Crippen LogP contribution in [-0.2, 0) is 6.54 Å². The van der Waals surface area contributed by atoms with Crippen LogP contribution in [0.4, 0.5) is 13.2 Å². The molecule has 0 saturated heterocycles. The van der Waals surface area contributed by atoms with Crippen molar-refractivity contribution in [2.75, 3.05) is 0 Å². The summed E-state index contributed by atoms with van der Waals surface area (Å²) in [5, 5.41) is 12.7. The van der Waals surface area contributed by atoms with E-state index in [0.717, 1.165) is 37.0 Å². The van der Waals surface area contributed by atoms with Gasteiger partial charge in [-0.3, -0.25) is 0 Å². The molecule has 1 aromatic rings. The van der Waals surface area contributed by atoms with Crippen LogP contribution in [0, 0.1) is 42.1 Å². The normalized spacial score (nSPS) is 35.0. The van der Waals surface area contributed by atoms with E-state index in [4.69, 9.17) is 0 Å². The number of hydrogen-bond acceptors (Lipinski definition) is 2. The maximum absolute atomic E-state index is 14.1.